The lowest BCUT2D eigenvalue weighted by Gasteiger charge is -2.23. The Hall–Kier alpha value is -2.05. The van der Waals surface area contributed by atoms with Gasteiger partial charge in [-0.15, -0.1) is 0 Å². The van der Waals surface area contributed by atoms with Gasteiger partial charge in [-0.3, -0.25) is 14.0 Å². The Balaban J connectivity index is 2.52. The van der Waals surface area contributed by atoms with Crippen molar-refractivity contribution in [3.8, 4) is 0 Å². The van der Waals surface area contributed by atoms with Gasteiger partial charge in [-0.2, -0.15) is 5.10 Å². The molecule has 2 aromatic heterocycles. The molecule has 2 heterocycles. The molecule has 0 saturated heterocycles. The Morgan fingerprint density at radius 1 is 1.45 bits per heavy atom. The fourth-order valence-corrected chi connectivity index (χ4v) is 2.46. The number of nitrogen functional groups attached to an aromatic ring is 1. The molecule has 3 N–H and O–H groups in total. The third-order valence-electron chi connectivity index (χ3n) is 3.55. The predicted octanol–water partition coefficient (Wildman–Crippen LogP) is 0.687. The van der Waals surface area contributed by atoms with Crippen molar-refractivity contribution in [2.45, 2.75) is 33.7 Å². The summed E-state index contributed by atoms with van der Waals surface area (Å²) in [5, 5.41) is 7.12. The maximum atomic E-state index is 11.9. The number of imidazole rings is 1. The van der Waals surface area contributed by atoms with Crippen LogP contribution in [0, 0.1) is 5.41 Å². The molecule has 110 valence electrons. The van der Waals surface area contributed by atoms with Crippen LogP contribution in [-0.2, 0) is 24.8 Å². The minimum atomic E-state index is -0.576. The molecule has 7 nitrogen and oxygen atoms in total. The van der Waals surface area contributed by atoms with Gasteiger partial charge in [0.1, 0.15) is 5.52 Å². The molecule has 7 heteroatoms. The molecule has 0 saturated carbocycles. The number of nitrogens with one attached hydrogen (secondary N) is 1. The number of carbonyl (C=O) groups excluding carboxylic acids is 1. The predicted molar refractivity (Wildman–Crippen MR) is 78.1 cm³/mol. The Kier molecular flexibility index (Phi) is 3.45. The van der Waals surface area contributed by atoms with E-state index in [1.807, 2.05) is 32.4 Å². The molecule has 0 spiro atoms. The van der Waals surface area contributed by atoms with Gasteiger partial charge < -0.3 is 11.1 Å². The van der Waals surface area contributed by atoms with Crippen LogP contribution in [-0.4, -0.2) is 32.3 Å². The topological polar surface area (TPSA) is 90.8 Å². The Labute approximate surface area is 118 Å². The number of rotatable bonds is 4. The standard InChI is InChI=1S/C13H22N6O/c1-6-8-9-10(18(5)17-8)19(12(14)16-9)7-13(2,3)11(20)15-4/h6-7H2,1-5H3,(H2,14,16)(H,15,20). The number of nitrogens with zero attached hydrogens (tertiary/aromatic N) is 4. The monoisotopic (exact) mass is 278 g/mol. The quantitative estimate of drug-likeness (QED) is 0.860. The van der Waals surface area contributed by atoms with Gasteiger partial charge in [-0.25, -0.2) is 4.98 Å². The van der Waals surface area contributed by atoms with E-state index in [-0.39, 0.29) is 5.91 Å². The zero-order valence-corrected chi connectivity index (χ0v) is 12.7. The molecule has 2 aromatic rings. The van der Waals surface area contributed by atoms with Gasteiger partial charge in [-0.1, -0.05) is 6.92 Å². The molecule has 0 atom stereocenters. The van der Waals surface area contributed by atoms with Crippen molar-refractivity contribution in [2.75, 3.05) is 12.8 Å². The fraction of sp³-hybridized carbons (Fsp3) is 0.615. The molecule has 0 aliphatic carbocycles. The van der Waals surface area contributed by atoms with Crippen LogP contribution in [0.2, 0.25) is 0 Å². The molecule has 0 aromatic carbocycles. The van der Waals surface area contributed by atoms with Gasteiger partial charge in [0, 0.05) is 20.6 Å². The SMILES string of the molecule is CCc1nn(C)c2c1nc(N)n2CC(C)(C)C(=O)NC. The molecule has 0 radical (unpaired) electrons. The first-order chi connectivity index (χ1) is 9.31. The van der Waals surface area contributed by atoms with E-state index in [9.17, 15) is 4.79 Å². The second-order valence-electron chi connectivity index (χ2n) is 5.62. The molecule has 0 bridgehead atoms. The first kappa shape index (κ1) is 14.4. The lowest BCUT2D eigenvalue weighted by Crippen LogP contribution is -2.38. The van der Waals surface area contributed by atoms with Crippen LogP contribution in [0.5, 0.6) is 0 Å². The van der Waals surface area contributed by atoms with Crippen molar-refractivity contribution in [1.82, 2.24) is 24.6 Å². The normalized spacial score (nSPS) is 12.1. The first-order valence-electron chi connectivity index (χ1n) is 6.71. The number of hydrogen-bond acceptors (Lipinski definition) is 4. The van der Waals surface area contributed by atoms with Gasteiger partial charge in [0.05, 0.1) is 11.1 Å². The second kappa shape index (κ2) is 4.81. The minimum Gasteiger partial charge on any atom is -0.369 e. The van der Waals surface area contributed by atoms with Crippen molar-refractivity contribution >= 4 is 23.0 Å². The highest BCUT2D eigenvalue weighted by atomic mass is 16.2. The fourth-order valence-electron chi connectivity index (χ4n) is 2.46. The van der Waals surface area contributed by atoms with Crippen molar-refractivity contribution in [2.24, 2.45) is 12.5 Å². The third kappa shape index (κ3) is 2.13. The van der Waals surface area contributed by atoms with E-state index in [2.05, 4.69) is 15.4 Å². The maximum Gasteiger partial charge on any atom is 0.227 e. The number of anilines is 1. The van der Waals surface area contributed by atoms with E-state index in [1.165, 1.54) is 0 Å². The second-order valence-corrected chi connectivity index (χ2v) is 5.62. The number of aromatic nitrogens is 4. The smallest absolute Gasteiger partial charge is 0.227 e. The van der Waals surface area contributed by atoms with Gasteiger partial charge >= 0.3 is 0 Å². The molecule has 20 heavy (non-hydrogen) atoms. The average Bonchev–Trinajstić information content (AvgIpc) is 2.87. The average molecular weight is 278 g/mol. The Morgan fingerprint density at radius 2 is 2.10 bits per heavy atom. The summed E-state index contributed by atoms with van der Waals surface area (Å²) in [5.74, 6) is 0.385. The van der Waals surface area contributed by atoms with E-state index in [0.29, 0.717) is 12.5 Å². The zero-order chi connectivity index (χ0) is 15.1. The Morgan fingerprint density at radius 3 is 2.65 bits per heavy atom. The first-order valence-corrected chi connectivity index (χ1v) is 6.71. The van der Waals surface area contributed by atoms with Crippen LogP contribution in [0.25, 0.3) is 11.2 Å². The third-order valence-corrected chi connectivity index (χ3v) is 3.55. The molecular weight excluding hydrogens is 256 g/mol. The minimum absolute atomic E-state index is 0.0309. The molecule has 1 amide bonds. The summed E-state index contributed by atoms with van der Waals surface area (Å²) >= 11 is 0. The highest BCUT2D eigenvalue weighted by Crippen LogP contribution is 2.26. The van der Waals surface area contributed by atoms with Crippen LogP contribution in [0.4, 0.5) is 5.95 Å². The molecule has 0 aliphatic heterocycles. The summed E-state index contributed by atoms with van der Waals surface area (Å²) in [7, 11) is 3.50. The van der Waals surface area contributed by atoms with E-state index in [4.69, 9.17) is 5.73 Å². The summed E-state index contributed by atoms with van der Waals surface area (Å²) in [4.78, 5) is 16.3. The van der Waals surface area contributed by atoms with E-state index < -0.39 is 5.41 Å². The number of aryl methyl sites for hydroxylation is 2. The Bertz CT molecular complexity index is 651. The van der Waals surface area contributed by atoms with Crippen LogP contribution < -0.4 is 11.1 Å². The highest BCUT2D eigenvalue weighted by molar-refractivity contribution is 5.82. The number of carbonyl (C=O) groups is 1. The summed E-state index contributed by atoms with van der Waals surface area (Å²) in [5.41, 5.74) is 8.04. The van der Waals surface area contributed by atoms with Crippen LogP contribution in [0.3, 0.4) is 0 Å². The van der Waals surface area contributed by atoms with Gasteiger partial charge in [-0.05, 0) is 20.3 Å². The zero-order valence-electron chi connectivity index (χ0n) is 12.7. The maximum absolute atomic E-state index is 11.9. The van der Waals surface area contributed by atoms with Gasteiger partial charge in [0.25, 0.3) is 0 Å². The van der Waals surface area contributed by atoms with Gasteiger partial charge in [0.2, 0.25) is 11.9 Å². The summed E-state index contributed by atoms with van der Waals surface area (Å²) < 4.78 is 3.63. The number of hydrogen-bond donors (Lipinski definition) is 2. The molecule has 0 fully saturated rings. The highest BCUT2D eigenvalue weighted by Gasteiger charge is 2.30. The molecule has 2 rings (SSSR count). The van der Waals surface area contributed by atoms with E-state index >= 15 is 0 Å². The number of nitrogens with two attached hydrogens (primary N) is 1. The molecular formula is C13H22N6O. The van der Waals surface area contributed by atoms with Crippen molar-refractivity contribution in [3.63, 3.8) is 0 Å². The summed E-state index contributed by atoms with van der Waals surface area (Å²) in [6.45, 7) is 6.26. The lowest BCUT2D eigenvalue weighted by atomic mass is 9.92. The summed E-state index contributed by atoms with van der Waals surface area (Å²) in [6.07, 6.45) is 0.798. The molecule has 0 unspecified atom stereocenters. The molecule has 0 aliphatic rings. The van der Waals surface area contributed by atoms with E-state index in [0.717, 1.165) is 23.3 Å². The largest absolute Gasteiger partial charge is 0.369 e. The van der Waals surface area contributed by atoms with Crippen LogP contribution in [0.15, 0.2) is 0 Å². The van der Waals surface area contributed by atoms with E-state index in [1.54, 1.807) is 11.7 Å². The van der Waals surface area contributed by atoms with Crippen LogP contribution >= 0.6 is 0 Å². The lowest BCUT2D eigenvalue weighted by molar-refractivity contribution is -0.129. The van der Waals surface area contributed by atoms with Crippen molar-refractivity contribution in [3.05, 3.63) is 5.69 Å². The number of amides is 1. The van der Waals surface area contributed by atoms with Crippen molar-refractivity contribution in [1.29, 1.82) is 0 Å². The van der Waals surface area contributed by atoms with Gasteiger partial charge in [0.15, 0.2) is 5.65 Å². The summed E-state index contributed by atoms with van der Waals surface area (Å²) in [6, 6.07) is 0. The number of fused-ring (bicyclic) bond motifs is 1. The van der Waals surface area contributed by atoms with Crippen molar-refractivity contribution < 1.29 is 4.79 Å². The van der Waals surface area contributed by atoms with Crippen LogP contribution in [0.1, 0.15) is 26.5 Å².